The predicted octanol–water partition coefficient (Wildman–Crippen LogP) is 3.43. The number of phenols is 1. The van der Waals surface area contributed by atoms with Gasteiger partial charge in [0.2, 0.25) is 0 Å². The lowest BCUT2D eigenvalue weighted by Gasteiger charge is -2.23. The number of phenolic OH excluding ortho intramolecular Hbond substituents is 1. The van der Waals surface area contributed by atoms with Crippen molar-refractivity contribution in [3.8, 4) is 18.1 Å². The summed E-state index contributed by atoms with van der Waals surface area (Å²) < 4.78 is 0. The highest BCUT2D eigenvalue weighted by atomic mass is 32.2. The topological polar surface area (TPSA) is 89.6 Å². The number of likely N-dealkylation sites (N-methyl/N-ethyl adjacent to an activating group) is 1. The van der Waals surface area contributed by atoms with Gasteiger partial charge in [-0.2, -0.15) is 10.2 Å². The Morgan fingerprint density at radius 3 is 2.87 bits per heavy atom. The predicted molar refractivity (Wildman–Crippen MR) is 124 cm³/mol. The van der Waals surface area contributed by atoms with Gasteiger partial charge in [-0.3, -0.25) is 9.79 Å². The van der Waals surface area contributed by atoms with Gasteiger partial charge in [0.15, 0.2) is 5.66 Å². The van der Waals surface area contributed by atoms with Gasteiger partial charge >= 0.3 is 0 Å². The van der Waals surface area contributed by atoms with E-state index in [2.05, 4.69) is 26.5 Å². The Morgan fingerprint density at radius 2 is 2.20 bits per heavy atom. The summed E-state index contributed by atoms with van der Waals surface area (Å²) in [6.45, 7) is 1.00. The molecule has 0 bridgehead atoms. The quantitative estimate of drug-likeness (QED) is 0.347. The van der Waals surface area contributed by atoms with E-state index in [0.717, 1.165) is 17.0 Å². The van der Waals surface area contributed by atoms with Crippen LogP contribution < -0.4 is 5.32 Å². The van der Waals surface area contributed by atoms with Gasteiger partial charge in [-0.15, -0.1) is 35.9 Å². The number of thioether (sulfide) groups is 2. The minimum Gasteiger partial charge on any atom is -0.507 e. The second-order valence-corrected chi connectivity index (χ2v) is 8.81. The summed E-state index contributed by atoms with van der Waals surface area (Å²) in [4.78, 5) is 19.2. The number of hydrogen-bond acceptors (Lipinski definition) is 8. The van der Waals surface area contributed by atoms with Crippen molar-refractivity contribution in [3.05, 3.63) is 40.9 Å². The van der Waals surface area contributed by atoms with E-state index in [1.54, 1.807) is 23.9 Å². The summed E-state index contributed by atoms with van der Waals surface area (Å²) in [5, 5.41) is 23.9. The lowest BCUT2D eigenvalue weighted by molar-refractivity contribution is -0.118. The monoisotopic (exact) mass is 443 g/mol. The molecule has 7 nitrogen and oxygen atoms in total. The number of hydrogen-bond donors (Lipinski definition) is 2. The van der Waals surface area contributed by atoms with E-state index >= 15 is 0 Å². The highest BCUT2D eigenvalue weighted by Gasteiger charge is 2.39. The van der Waals surface area contributed by atoms with Crippen molar-refractivity contribution in [1.29, 1.82) is 0 Å². The van der Waals surface area contributed by atoms with E-state index in [1.807, 2.05) is 35.7 Å². The number of carbonyl (C=O) groups is 1. The molecule has 9 heteroatoms. The molecule has 2 heterocycles. The fourth-order valence-electron chi connectivity index (χ4n) is 3.06. The maximum Gasteiger partial charge on any atom is 0.268 e. The molecule has 0 aliphatic carbocycles. The van der Waals surface area contributed by atoms with E-state index in [1.165, 1.54) is 11.8 Å². The van der Waals surface area contributed by atoms with Gasteiger partial charge in [-0.1, -0.05) is 12.1 Å². The first kappa shape index (κ1) is 22.2. The highest BCUT2D eigenvalue weighted by Crippen LogP contribution is 2.36. The van der Waals surface area contributed by atoms with Crippen LogP contribution in [0.5, 0.6) is 5.75 Å². The van der Waals surface area contributed by atoms with Crippen molar-refractivity contribution in [2.24, 2.45) is 15.2 Å². The number of rotatable bonds is 9. The molecule has 3 rings (SSSR count). The number of nitrogens with one attached hydrogen (secondary N) is 1. The number of benzene rings is 1. The SMILES string of the molecule is C#CCCC1(CCNC(=O)C2=CS[C@H](CN=C(SC)c3ccccc3O)N2C)N=N1. The average Bonchev–Trinajstić information content (AvgIpc) is 3.42. The van der Waals surface area contributed by atoms with Gasteiger partial charge in [-0.05, 0) is 18.4 Å². The van der Waals surface area contributed by atoms with Crippen LogP contribution in [0.25, 0.3) is 0 Å². The van der Waals surface area contributed by atoms with Crippen LogP contribution in [0.1, 0.15) is 24.8 Å². The zero-order chi connectivity index (χ0) is 21.6. The van der Waals surface area contributed by atoms with Crippen LogP contribution in [0.2, 0.25) is 0 Å². The first-order valence-corrected chi connectivity index (χ1v) is 11.8. The van der Waals surface area contributed by atoms with Gasteiger partial charge in [0.05, 0.1) is 11.9 Å². The minimum atomic E-state index is -0.390. The van der Waals surface area contributed by atoms with Crippen LogP contribution in [0.4, 0.5) is 0 Å². The molecule has 2 N–H and O–H groups in total. The third-order valence-corrected chi connectivity index (χ3v) is 6.84. The Labute approximate surface area is 185 Å². The van der Waals surface area contributed by atoms with Gasteiger partial charge < -0.3 is 15.3 Å². The molecule has 1 aromatic rings. The second kappa shape index (κ2) is 10.0. The zero-order valence-electron chi connectivity index (χ0n) is 17.0. The van der Waals surface area contributed by atoms with E-state index in [0.29, 0.717) is 31.6 Å². The maximum atomic E-state index is 12.6. The fraction of sp³-hybridized carbons (Fsp3) is 0.429. The van der Waals surface area contributed by atoms with Gasteiger partial charge in [0, 0.05) is 43.8 Å². The molecule has 30 heavy (non-hydrogen) atoms. The molecule has 1 atom stereocenters. The van der Waals surface area contributed by atoms with E-state index in [-0.39, 0.29) is 17.0 Å². The van der Waals surface area contributed by atoms with Crippen molar-refractivity contribution in [2.75, 3.05) is 26.4 Å². The Bertz CT molecular complexity index is 916. The summed E-state index contributed by atoms with van der Waals surface area (Å²) in [5.41, 5.74) is 0.950. The number of aromatic hydroxyl groups is 1. The average molecular weight is 444 g/mol. The van der Waals surface area contributed by atoms with Gasteiger partial charge in [0.1, 0.15) is 16.5 Å². The summed E-state index contributed by atoms with van der Waals surface area (Å²) in [6, 6.07) is 7.16. The Hall–Kier alpha value is -2.44. The Kier molecular flexibility index (Phi) is 7.45. The summed E-state index contributed by atoms with van der Waals surface area (Å²) in [5.74, 6) is 2.70. The lowest BCUT2D eigenvalue weighted by Crippen LogP contribution is -2.36. The van der Waals surface area contributed by atoms with Crippen molar-refractivity contribution in [2.45, 2.75) is 30.3 Å². The molecule has 0 saturated heterocycles. The van der Waals surface area contributed by atoms with Gasteiger partial charge in [-0.25, -0.2) is 0 Å². The third-order valence-electron chi connectivity index (χ3n) is 4.96. The first-order valence-electron chi connectivity index (χ1n) is 9.60. The fourth-order valence-corrected chi connectivity index (χ4v) is 4.67. The molecule has 0 saturated carbocycles. The van der Waals surface area contributed by atoms with Crippen molar-refractivity contribution in [1.82, 2.24) is 10.2 Å². The first-order chi connectivity index (χ1) is 14.5. The number of carbonyl (C=O) groups excluding carboxylic acids is 1. The van der Waals surface area contributed by atoms with Crippen LogP contribution in [0.3, 0.4) is 0 Å². The van der Waals surface area contributed by atoms with Crippen LogP contribution in [-0.4, -0.2) is 58.4 Å². The largest absolute Gasteiger partial charge is 0.507 e. The molecule has 1 aromatic carbocycles. The third kappa shape index (κ3) is 5.37. The lowest BCUT2D eigenvalue weighted by atomic mass is 10.0. The molecule has 0 radical (unpaired) electrons. The summed E-state index contributed by atoms with van der Waals surface area (Å²) in [6.07, 6.45) is 9.26. The van der Waals surface area contributed by atoms with Crippen LogP contribution >= 0.6 is 23.5 Å². The molecule has 0 fully saturated rings. The van der Waals surface area contributed by atoms with Gasteiger partial charge in [0.25, 0.3) is 5.91 Å². The second-order valence-electron chi connectivity index (χ2n) is 6.96. The molecular formula is C21H25N5O2S2. The molecule has 1 amide bonds. The van der Waals surface area contributed by atoms with Crippen LogP contribution in [-0.2, 0) is 4.79 Å². The van der Waals surface area contributed by atoms with E-state index in [4.69, 9.17) is 6.42 Å². The standard InChI is InChI=1S/C21H25N5O2S2/c1-4-5-10-21(24-25-21)11-12-22-19(28)16-14-30-18(26(16)2)13-23-20(29-3)15-8-6-7-9-17(15)27/h1,6-9,14,18,27H,5,10-13H2,2-3H3,(H,22,28)/t18-/m1/s1. The van der Waals surface area contributed by atoms with Crippen LogP contribution in [0.15, 0.2) is 50.6 Å². The molecule has 0 aromatic heterocycles. The Balaban J connectivity index is 1.50. The molecule has 158 valence electrons. The molecular weight excluding hydrogens is 418 g/mol. The van der Waals surface area contributed by atoms with E-state index < -0.39 is 5.66 Å². The number of para-hydroxylation sites is 1. The summed E-state index contributed by atoms with van der Waals surface area (Å²) >= 11 is 3.06. The Morgan fingerprint density at radius 1 is 1.43 bits per heavy atom. The smallest absolute Gasteiger partial charge is 0.268 e. The maximum absolute atomic E-state index is 12.6. The molecule has 0 spiro atoms. The molecule has 2 aliphatic rings. The zero-order valence-corrected chi connectivity index (χ0v) is 18.7. The number of terminal acetylenes is 1. The molecule has 2 aliphatic heterocycles. The van der Waals surface area contributed by atoms with E-state index in [9.17, 15) is 9.90 Å². The van der Waals surface area contributed by atoms with Crippen molar-refractivity contribution < 1.29 is 9.90 Å². The number of nitrogens with zero attached hydrogens (tertiary/aromatic N) is 4. The number of amides is 1. The van der Waals surface area contributed by atoms with Crippen LogP contribution in [0, 0.1) is 12.3 Å². The summed E-state index contributed by atoms with van der Waals surface area (Å²) in [7, 11) is 1.89. The van der Waals surface area contributed by atoms with Crippen molar-refractivity contribution in [3.63, 3.8) is 0 Å². The highest BCUT2D eigenvalue weighted by molar-refractivity contribution is 8.13. The number of aliphatic imine (C=N–C) groups is 1. The molecule has 0 unspecified atom stereocenters. The minimum absolute atomic E-state index is 0.0224. The van der Waals surface area contributed by atoms with Crippen molar-refractivity contribution >= 4 is 34.5 Å². The normalized spacial score (nSPS) is 19.4.